The van der Waals surface area contributed by atoms with Crippen molar-refractivity contribution in [1.29, 1.82) is 0 Å². The van der Waals surface area contributed by atoms with Gasteiger partial charge in [0.25, 0.3) is 0 Å². The minimum atomic E-state index is 0.304. The van der Waals surface area contributed by atoms with Crippen LogP contribution in [0.25, 0.3) is 0 Å². The molecule has 0 spiro atoms. The van der Waals surface area contributed by atoms with E-state index in [2.05, 4.69) is 23.1 Å². The first-order valence-corrected chi connectivity index (χ1v) is 6.91. The van der Waals surface area contributed by atoms with Gasteiger partial charge in [0.1, 0.15) is 5.75 Å². The Morgan fingerprint density at radius 3 is 2.94 bits per heavy atom. The van der Waals surface area contributed by atoms with E-state index in [9.17, 15) is 0 Å². The van der Waals surface area contributed by atoms with Crippen molar-refractivity contribution in [3.05, 3.63) is 29.3 Å². The van der Waals surface area contributed by atoms with Crippen LogP contribution in [0.2, 0.25) is 0 Å². The van der Waals surface area contributed by atoms with Gasteiger partial charge >= 0.3 is 0 Å². The van der Waals surface area contributed by atoms with Gasteiger partial charge in [-0.1, -0.05) is 6.07 Å². The molecule has 1 aromatic carbocycles. The van der Waals surface area contributed by atoms with Gasteiger partial charge in [0.15, 0.2) is 0 Å². The lowest BCUT2D eigenvalue weighted by Crippen LogP contribution is -2.31. The van der Waals surface area contributed by atoms with E-state index in [-0.39, 0.29) is 0 Å². The van der Waals surface area contributed by atoms with Gasteiger partial charge in [-0.05, 0) is 56.0 Å². The van der Waals surface area contributed by atoms with Crippen molar-refractivity contribution in [1.82, 2.24) is 4.90 Å². The molecule has 0 aliphatic carbocycles. The number of benzene rings is 1. The zero-order valence-corrected chi connectivity index (χ0v) is 11.2. The second-order valence-electron chi connectivity index (χ2n) is 4.82. The quantitative estimate of drug-likeness (QED) is 0.785. The highest BCUT2D eigenvalue weighted by Gasteiger charge is 2.16. The van der Waals surface area contributed by atoms with Crippen LogP contribution in [0, 0.1) is 0 Å². The van der Waals surface area contributed by atoms with Gasteiger partial charge in [0.2, 0.25) is 0 Å². The summed E-state index contributed by atoms with van der Waals surface area (Å²) >= 11 is 0. The van der Waals surface area contributed by atoms with Gasteiger partial charge in [0.05, 0.1) is 6.61 Å². The first-order valence-electron chi connectivity index (χ1n) is 6.91. The highest BCUT2D eigenvalue weighted by atomic mass is 16.5. The Labute approximate surface area is 109 Å². The maximum atomic E-state index is 8.81. The van der Waals surface area contributed by atoms with E-state index in [1.807, 2.05) is 6.92 Å². The number of fused-ring (bicyclic) bond motifs is 1. The normalized spacial score (nSPS) is 15.4. The lowest BCUT2D eigenvalue weighted by Gasteiger charge is -2.29. The van der Waals surface area contributed by atoms with Gasteiger partial charge in [-0.15, -0.1) is 0 Å². The second kappa shape index (κ2) is 6.76. The molecule has 0 fully saturated rings. The maximum absolute atomic E-state index is 8.81. The van der Waals surface area contributed by atoms with Crippen LogP contribution in [0.15, 0.2) is 18.2 Å². The topological polar surface area (TPSA) is 32.7 Å². The van der Waals surface area contributed by atoms with Crippen molar-refractivity contribution in [2.45, 2.75) is 32.7 Å². The fraction of sp³-hybridized carbons (Fsp3) is 0.600. The number of hydrogen-bond acceptors (Lipinski definition) is 3. The maximum Gasteiger partial charge on any atom is 0.119 e. The monoisotopic (exact) mass is 249 g/mol. The molecular weight excluding hydrogens is 226 g/mol. The predicted molar refractivity (Wildman–Crippen MR) is 72.9 cm³/mol. The lowest BCUT2D eigenvalue weighted by atomic mass is 9.99. The van der Waals surface area contributed by atoms with E-state index >= 15 is 0 Å². The highest BCUT2D eigenvalue weighted by molar-refractivity contribution is 5.37. The molecule has 3 nitrogen and oxygen atoms in total. The van der Waals surface area contributed by atoms with E-state index in [1.165, 1.54) is 11.1 Å². The molecular formula is C15H23NO2. The largest absolute Gasteiger partial charge is 0.494 e. The van der Waals surface area contributed by atoms with Crippen LogP contribution in [0.3, 0.4) is 0 Å². The minimum Gasteiger partial charge on any atom is -0.494 e. The molecule has 2 rings (SSSR count). The Morgan fingerprint density at radius 1 is 1.28 bits per heavy atom. The number of nitrogens with zero attached hydrogens (tertiary/aromatic N) is 1. The van der Waals surface area contributed by atoms with Gasteiger partial charge in [-0.3, -0.25) is 4.90 Å². The van der Waals surface area contributed by atoms with Crippen LogP contribution < -0.4 is 4.74 Å². The molecule has 18 heavy (non-hydrogen) atoms. The summed E-state index contributed by atoms with van der Waals surface area (Å²) in [7, 11) is 0. The van der Waals surface area contributed by atoms with E-state index < -0.39 is 0 Å². The molecule has 100 valence electrons. The Morgan fingerprint density at radius 2 is 2.17 bits per heavy atom. The first-order chi connectivity index (χ1) is 8.83. The third-order valence-electron chi connectivity index (χ3n) is 3.46. The first kappa shape index (κ1) is 13.4. The molecule has 0 aromatic heterocycles. The number of aliphatic hydroxyl groups is 1. The summed E-state index contributed by atoms with van der Waals surface area (Å²) in [6, 6.07) is 6.45. The zero-order chi connectivity index (χ0) is 12.8. The van der Waals surface area contributed by atoms with Crippen molar-refractivity contribution < 1.29 is 9.84 Å². The summed E-state index contributed by atoms with van der Waals surface area (Å²) in [5, 5.41) is 8.81. The summed E-state index contributed by atoms with van der Waals surface area (Å²) < 4.78 is 5.55. The van der Waals surface area contributed by atoms with Gasteiger partial charge in [0, 0.05) is 19.7 Å². The molecule has 0 bridgehead atoms. The molecule has 0 radical (unpaired) electrons. The Kier molecular flexibility index (Phi) is 5.02. The van der Waals surface area contributed by atoms with E-state index in [1.54, 1.807) is 0 Å². The van der Waals surface area contributed by atoms with Crippen molar-refractivity contribution >= 4 is 0 Å². The standard InChI is InChI=1S/C15H23NO2/c1-2-18-15-6-5-13-7-9-16(8-3-4-10-17)12-14(13)11-15/h5-6,11,17H,2-4,7-10,12H2,1H3. The van der Waals surface area contributed by atoms with E-state index in [0.717, 1.165) is 51.3 Å². The molecule has 0 unspecified atom stereocenters. The minimum absolute atomic E-state index is 0.304. The average molecular weight is 249 g/mol. The number of unbranched alkanes of at least 4 members (excludes halogenated alkanes) is 1. The molecule has 1 aromatic rings. The third-order valence-corrected chi connectivity index (χ3v) is 3.46. The van der Waals surface area contributed by atoms with Crippen LogP contribution >= 0.6 is 0 Å². The molecule has 1 aliphatic heterocycles. The van der Waals surface area contributed by atoms with Crippen LogP contribution in [0.5, 0.6) is 5.75 Å². The van der Waals surface area contributed by atoms with Crippen molar-refractivity contribution in [2.24, 2.45) is 0 Å². The van der Waals surface area contributed by atoms with Crippen LogP contribution in [0.4, 0.5) is 0 Å². The van der Waals surface area contributed by atoms with Gasteiger partial charge in [-0.2, -0.15) is 0 Å². The van der Waals surface area contributed by atoms with Crippen molar-refractivity contribution in [3.63, 3.8) is 0 Å². The number of hydrogen-bond donors (Lipinski definition) is 1. The molecule has 0 atom stereocenters. The molecule has 1 heterocycles. The van der Waals surface area contributed by atoms with Crippen LogP contribution in [0.1, 0.15) is 30.9 Å². The van der Waals surface area contributed by atoms with Gasteiger partial charge < -0.3 is 9.84 Å². The third kappa shape index (κ3) is 3.47. The van der Waals surface area contributed by atoms with E-state index in [0.29, 0.717) is 6.61 Å². The predicted octanol–water partition coefficient (Wildman–Crippen LogP) is 2.22. The Balaban J connectivity index is 1.96. The summed E-state index contributed by atoms with van der Waals surface area (Å²) in [5.74, 6) is 0.980. The molecule has 1 aliphatic rings. The Hall–Kier alpha value is -1.06. The molecule has 0 amide bonds. The summed E-state index contributed by atoms with van der Waals surface area (Å²) in [4.78, 5) is 2.47. The van der Waals surface area contributed by atoms with Crippen molar-refractivity contribution in [3.8, 4) is 5.75 Å². The SMILES string of the molecule is CCOc1ccc2c(c1)CN(CCCCO)CC2. The fourth-order valence-electron chi connectivity index (χ4n) is 2.49. The summed E-state index contributed by atoms with van der Waals surface area (Å²) in [5.41, 5.74) is 2.85. The zero-order valence-electron chi connectivity index (χ0n) is 11.2. The van der Waals surface area contributed by atoms with Gasteiger partial charge in [-0.25, -0.2) is 0 Å². The average Bonchev–Trinajstić information content (AvgIpc) is 2.39. The number of aliphatic hydroxyl groups excluding tert-OH is 1. The van der Waals surface area contributed by atoms with Crippen molar-refractivity contribution in [2.75, 3.05) is 26.3 Å². The molecule has 0 saturated heterocycles. The summed E-state index contributed by atoms with van der Waals surface area (Å²) in [6.45, 7) is 6.27. The fourth-order valence-corrected chi connectivity index (χ4v) is 2.49. The summed E-state index contributed by atoms with van der Waals surface area (Å²) in [6.07, 6.45) is 3.11. The number of ether oxygens (including phenoxy) is 1. The molecule has 3 heteroatoms. The molecule has 0 saturated carbocycles. The highest BCUT2D eigenvalue weighted by Crippen LogP contribution is 2.24. The van der Waals surface area contributed by atoms with E-state index in [4.69, 9.17) is 9.84 Å². The lowest BCUT2D eigenvalue weighted by molar-refractivity contribution is 0.228. The Bertz CT molecular complexity index is 379. The molecule has 1 N–H and O–H groups in total. The van der Waals surface area contributed by atoms with Crippen LogP contribution in [-0.4, -0.2) is 36.3 Å². The number of rotatable bonds is 6. The second-order valence-corrected chi connectivity index (χ2v) is 4.82. The smallest absolute Gasteiger partial charge is 0.119 e. The van der Waals surface area contributed by atoms with Crippen LogP contribution in [-0.2, 0) is 13.0 Å².